The smallest absolute Gasteiger partial charge is 0.405 e. The molecule has 1 aromatic carbocycles. The van der Waals surface area contributed by atoms with Crippen molar-refractivity contribution in [2.24, 2.45) is 0 Å². The Hall–Kier alpha value is -0.490. The van der Waals surface area contributed by atoms with E-state index in [9.17, 15) is 13.2 Å². The third-order valence-electron chi connectivity index (χ3n) is 1.39. The Morgan fingerprint density at radius 1 is 1.36 bits per heavy atom. The van der Waals surface area contributed by atoms with Gasteiger partial charge in [0.1, 0.15) is 5.75 Å². The van der Waals surface area contributed by atoms with Crippen LogP contribution >= 0.6 is 24.4 Å². The molecule has 14 heavy (non-hydrogen) atoms. The number of halogens is 3. The highest BCUT2D eigenvalue weighted by Gasteiger charge is 2.31. The fourth-order valence-electron chi connectivity index (χ4n) is 0.828. The SMILES string of the molecule is CSc1ccc(S)c(OC(F)(F)F)c1. The van der Waals surface area contributed by atoms with Crippen molar-refractivity contribution in [2.45, 2.75) is 16.2 Å². The molecule has 0 fully saturated rings. The van der Waals surface area contributed by atoms with E-state index in [2.05, 4.69) is 17.4 Å². The first kappa shape index (κ1) is 11.6. The van der Waals surface area contributed by atoms with Gasteiger partial charge in [-0.2, -0.15) is 0 Å². The van der Waals surface area contributed by atoms with Crippen LogP contribution in [0.1, 0.15) is 0 Å². The van der Waals surface area contributed by atoms with E-state index in [-0.39, 0.29) is 10.6 Å². The molecule has 6 heteroatoms. The number of thioether (sulfide) groups is 1. The van der Waals surface area contributed by atoms with Gasteiger partial charge in [-0.1, -0.05) is 0 Å². The summed E-state index contributed by atoms with van der Waals surface area (Å²) in [6.45, 7) is 0. The van der Waals surface area contributed by atoms with Crippen molar-refractivity contribution >= 4 is 24.4 Å². The third-order valence-corrected chi connectivity index (χ3v) is 2.49. The summed E-state index contributed by atoms with van der Waals surface area (Å²) in [4.78, 5) is 0.863. The molecule has 0 unspecified atom stereocenters. The van der Waals surface area contributed by atoms with E-state index >= 15 is 0 Å². The Morgan fingerprint density at radius 2 is 2.00 bits per heavy atom. The van der Waals surface area contributed by atoms with Crippen LogP contribution in [0.15, 0.2) is 28.0 Å². The molecule has 0 atom stereocenters. The summed E-state index contributed by atoms with van der Waals surface area (Å²) in [7, 11) is 0. The minimum Gasteiger partial charge on any atom is -0.405 e. The van der Waals surface area contributed by atoms with E-state index in [1.165, 1.54) is 23.9 Å². The third kappa shape index (κ3) is 3.34. The van der Waals surface area contributed by atoms with E-state index in [4.69, 9.17) is 0 Å². The van der Waals surface area contributed by atoms with Gasteiger partial charge in [0, 0.05) is 9.79 Å². The van der Waals surface area contributed by atoms with Gasteiger partial charge in [-0.3, -0.25) is 0 Å². The number of rotatable bonds is 2. The van der Waals surface area contributed by atoms with E-state index < -0.39 is 6.36 Å². The van der Waals surface area contributed by atoms with Gasteiger partial charge in [-0.05, 0) is 24.5 Å². The van der Waals surface area contributed by atoms with Crippen LogP contribution in [-0.4, -0.2) is 12.6 Å². The predicted molar refractivity (Wildman–Crippen MR) is 52.2 cm³/mol. The average Bonchev–Trinajstić information content (AvgIpc) is 2.06. The van der Waals surface area contributed by atoms with E-state index in [0.717, 1.165) is 0 Å². The van der Waals surface area contributed by atoms with Crippen molar-refractivity contribution in [1.82, 2.24) is 0 Å². The van der Waals surface area contributed by atoms with Gasteiger partial charge in [-0.25, -0.2) is 0 Å². The first-order valence-corrected chi connectivity index (χ1v) is 5.22. The van der Waals surface area contributed by atoms with Crippen molar-refractivity contribution in [1.29, 1.82) is 0 Å². The standard InChI is InChI=1S/C8H7F3OS2/c1-14-5-2-3-7(13)6(4-5)12-8(9,10)11/h2-4,13H,1H3. The molecular formula is C8H7F3OS2. The lowest BCUT2D eigenvalue weighted by Gasteiger charge is -2.11. The lowest BCUT2D eigenvalue weighted by Crippen LogP contribution is -2.17. The van der Waals surface area contributed by atoms with Crippen molar-refractivity contribution < 1.29 is 17.9 Å². The number of thiol groups is 1. The van der Waals surface area contributed by atoms with E-state index in [1.807, 2.05) is 0 Å². The summed E-state index contributed by atoms with van der Waals surface area (Å²) in [5, 5.41) is 0. The molecule has 0 saturated carbocycles. The second-order valence-electron chi connectivity index (χ2n) is 2.38. The van der Waals surface area contributed by atoms with Crippen LogP contribution in [0.5, 0.6) is 5.75 Å². The maximum atomic E-state index is 11.9. The number of alkyl halides is 3. The van der Waals surface area contributed by atoms with Gasteiger partial charge in [0.05, 0.1) is 0 Å². The summed E-state index contributed by atoms with van der Waals surface area (Å²) in [6, 6.07) is 4.45. The zero-order valence-corrected chi connectivity index (χ0v) is 8.84. The highest BCUT2D eigenvalue weighted by Crippen LogP contribution is 2.32. The van der Waals surface area contributed by atoms with Gasteiger partial charge >= 0.3 is 6.36 Å². The van der Waals surface area contributed by atoms with Gasteiger partial charge in [0.2, 0.25) is 0 Å². The summed E-state index contributed by atoms with van der Waals surface area (Å²) in [5.41, 5.74) is 0. The topological polar surface area (TPSA) is 9.23 Å². The zero-order valence-electron chi connectivity index (χ0n) is 7.13. The average molecular weight is 240 g/mol. The summed E-state index contributed by atoms with van der Waals surface area (Å²) in [5.74, 6) is -0.271. The monoisotopic (exact) mass is 240 g/mol. The van der Waals surface area contributed by atoms with Crippen LogP contribution in [0.4, 0.5) is 13.2 Å². The highest BCUT2D eigenvalue weighted by molar-refractivity contribution is 7.98. The molecule has 0 heterocycles. The first-order valence-electron chi connectivity index (χ1n) is 3.55. The predicted octanol–water partition coefficient (Wildman–Crippen LogP) is 3.60. The molecule has 78 valence electrons. The summed E-state index contributed by atoms with van der Waals surface area (Å²) >= 11 is 5.20. The zero-order chi connectivity index (χ0) is 10.8. The van der Waals surface area contributed by atoms with Crippen LogP contribution in [-0.2, 0) is 0 Å². The minimum atomic E-state index is -4.67. The van der Waals surface area contributed by atoms with Crippen molar-refractivity contribution in [2.75, 3.05) is 6.26 Å². The molecular weight excluding hydrogens is 233 g/mol. The molecule has 0 radical (unpaired) electrons. The van der Waals surface area contributed by atoms with Crippen molar-refractivity contribution in [3.8, 4) is 5.75 Å². The van der Waals surface area contributed by atoms with Gasteiger partial charge in [-0.15, -0.1) is 37.6 Å². The molecule has 0 aliphatic rings. The van der Waals surface area contributed by atoms with Crippen LogP contribution in [0.25, 0.3) is 0 Å². The molecule has 0 aliphatic heterocycles. The van der Waals surface area contributed by atoms with Crippen LogP contribution < -0.4 is 4.74 Å². The van der Waals surface area contributed by atoms with Crippen LogP contribution in [0.3, 0.4) is 0 Å². The number of benzene rings is 1. The minimum absolute atomic E-state index is 0.167. The quantitative estimate of drug-likeness (QED) is 0.624. The number of ether oxygens (including phenoxy) is 1. The molecule has 0 saturated heterocycles. The lowest BCUT2D eigenvalue weighted by molar-refractivity contribution is -0.275. The Kier molecular flexibility index (Phi) is 3.60. The fraction of sp³-hybridized carbons (Fsp3) is 0.250. The molecule has 1 rings (SSSR count). The molecule has 0 amide bonds. The Morgan fingerprint density at radius 3 is 2.50 bits per heavy atom. The molecule has 1 nitrogen and oxygen atoms in total. The maximum Gasteiger partial charge on any atom is 0.573 e. The molecule has 0 aromatic heterocycles. The lowest BCUT2D eigenvalue weighted by atomic mass is 10.3. The molecule has 1 aromatic rings. The second-order valence-corrected chi connectivity index (χ2v) is 3.74. The maximum absolute atomic E-state index is 11.9. The van der Waals surface area contributed by atoms with Crippen molar-refractivity contribution in [3.05, 3.63) is 18.2 Å². The van der Waals surface area contributed by atoms with Crippen molar-refractivity contribution in [3.63, 3.8) is 0 Å². The summed E-state index contributed by atoms with van der Waals surface area (Å²) in [6.07, 6.45) is -2.90. The molecule has 0 bridgehead atoms. The van der Waals surface area contributed by atoms with E-state index in [1.54, 1.807) is 12.3 Å². The number of hydrogen-bond donors (Lipinski definition) is 1. The normalized spacial score (nSPS) is 11.5. The first-order chi connectivity index (χ1) is 6.42. The van der Waals surface area contributed by atoms with Gasteiger partial charge < -0.3 is 4.74 Å². The van der Waals surface area contributed by atoms with Crippen LogP contribution in [0, 0.1) is 0 Å². The highest BCUT2D eigenvalue weighted by atomic mass is 32.2. The molecule has 0 spiro atoms. The van der Waals surface area contributed by atoms with E-state index in [0.29, 0.717) is 4.90 Å². The second kappa shape index (κ2) is 4.35. The molecule has 0 aliphatic carbocycles. The van der Waals surface area contributed by atoms with Gasteiger partial charge in [0.25, 0.3) is 0 Å². The molecule has 0 N–H and O–H groups in total. The van der Waals surface area contributed by atoms with Crippen LogP contribution in [0.2, 0.25) is 0 Å². The Labute approximate surface area is 89.0 Å². The Balaban J connectivity index is 2.95. The summed E-state index contributed by atoms with van der Waals surface area (Å²) < 4.78 is 39.5. The van der Waals surface area contributed by atoms with Gasteiger partial charge in [0.15, 0.2) is 0 Å². The fourth-order valence-corrected chi connectivity index (χ4v) is 1.44. The largest absolute Gasteiger partial charge is 0.573 e. The number of hydrogen-bond acceptors (Lipinski definition) is 3. The Bertz CT molecular complexity index is 325.